The summed E-state index contributed by atoms with van der Waals surface area (Å²) >= 11 is 3.33. The lowest BCUT2D eigenvalue weighted by atomic mass is 10.1. The molecule has 6 heteroatoms. The van der Waals surface area contributed by atoms with E-state index in [1.54, 1.807) is 29.4 Å². The summed E-state index contributed by atoms with van der Waals surface area (Å²) in [7, 11) is 0. The lowest BCUT2D eigenvalue weighted by molar-refractivity contribution is 0.0378. The molecule has 0 aliphatic rings. The maximum absolute atomic E-state index is 12.0. The van der Waals surface area contributed by atoms with Crippen molar-refractivity contribution in [3.8, 4) is 11.1 Å². The molecule has 30 heavy (non-hydrogen) atoms. The summed E-state index contributed by atoms with van der Waals surface area (Å²) in [5.74, 6) is 0.470. The number of thiophene rings is 1. The molecule has 0 fully saturated rings. The molecule has 0 atom stereocenters. The van der Waals surface area contributed by atoms with Gasteiger partial charge in [-0.3, -0.25) is 0 Å². The Hall–Kier alpha value is -2.70. The van der Waals surface area contributed by atoms with Crippen LogP contribution in [0.1, 0.15) is 35.3 Å². The van der Waals surface area contributed by atoms with Crippen LogP contribution in [0.5, 0.6) is 0 Å². The average Bonchev–Trinajstić information content (AvgIpc) is 3.17. The number of aryl methyl sites for hydroxylation is 1. The summed E-state index contributed by atoms with van der Waals surface area (Å²) < 4.78 is 5.25. The fraction of sp³-hybridized carbons (Fsp3) is 0.208. The molecule has 0 aliphatic heterocycles. The van der Waals surface area contributed by atoms with E-state index in [1.165, 1.54) is 16.7 Å². The van der Waals surface area contributed by atoms with Crippen LogP contribution >= 0.6 is 23.1 Å². The van der Waals surface area contributed by atoms with Crippen LogP contribution in [0.3, 0.4) is 0 Å². The van der Waals surface area contributed by atoms with Gasteiger partial charge in [-0.15, -0.1) is 23.1 Å². The van der Waals surface area contributed by atoms with E-state index in [2.05, 4.69) is 46.5 Å². The highest BCUT2D eigenvalue weighted by atomic mass is 32.2. The zero-order valence-corrected chi connectivity index (χ0v) is 18.7. The first kappa shape index (κ1) is 20.6. The maximum Gasteiger partial charge on any atom is 0.338 e. The molecule has 0 amide bonds. The third-order valence-corrected chi connectivity index (χ3v) is 6.55. The number of benzene rings is 2. The molecule has 4 aromatic rings. The summed E-state index contributed by atoms with van der Waals surface area (Å²) in [5.41, 5.74) is 5.28. The van der Waals surface area contributed by atoms with Crippen molar-refractivity contribution in [2.24, 2.45) is 0 Å². The van der Waals surface area contributed by atoms with E-state index in [0.717, 1.165) is 26.6 Å². The van der Waals surface area contributed by atoms with E-state index >= 15 is 0 Å². The second kappa shape index (κ2) is 8.98. The average molecular weight is 435 g/mol. The molecule has 0 saturated carbocycles. The molecule has 0 unspecified atom stereocenters. The largest absolute Gasteiger partial charge is 0.459 e. The SMILES string of the molecule is Cc1ccc(-c2csc3ncnc(SCc4ccc(C(=O)OC(C)C)cc4)c23)cc1. The molecule has 2 aromatic carbocycles. The molecule has 0 saturated heterocycles. The molecule has 0 spiro atoms. The Kier molecular flexibility index (Phi) is 6.16. The van der Waals surface area contributed by atoms with Gasteiger partial charge in [-0.1, -0.05) is 42.0 Å². The molecule has 4 nitrogen and oxygen atoms in total. The Morgan fingerprint density at radius 1 is 1.07 bits per heavy atom. The van der Waals surface area contributed by atoms with Gasteiger partial charge < -0.3 is 4.74 Å². The number of nitrogens with zero attached hydrogens (tertiary/aromatic N) is 2. The van der Waals surface area contributed by atoms with E-state index in [4.69, 9.17) is 4.74 Å². The molecule has 2 aromatic heterocycles. The van der Waals surface area contributed by atoms with E-state index in [0.29, 0.717) is 5.56 Å². The van der Waals surface area contributed by atoms with Gasteiger partial charge in [0.15, 0.2) is 0 Å². The van der Waals surface area contributed by atoms with Crippen LogP contribution in [0.25, 0.3) is 21.3 Å². The number of hydrogen-bond acceptors (Lipinski definition) is 6. The fourth-order valence-corrected chi connectivity index (χ4v) is 5.02. The van der Waals surface area contributed by atoms with Gasteiger partial charge in [0, 0.05) is 16.7 Å². The first-order valence-corrected chi connectivity index (χ1v) is 11.6. The normalized spacial score (nSPS) is 11.2. The molecular formula is C24H22N2O2S2. The summed E-state index contributed by atoms with van der Waals surface area (Å²) in [6.07, 6.45) is 1.51. The highest BCUT2D eigenvalue weighted by Crippen LogP contribution is 2.38. The van der Waals surface area contributed by atoms with E-state index in [9.17, 15) is 4.79 Å². The number of esters is 1. The summed E-state index contributed by atoms with van der Waals surface area (Å²) in [5, 5.41) is 4.23. The van der Waals surface area contributed by atoms with Crippen molar-refractivity contribution >= 4 is 39.3 Å². The fourth-order valence-electron chi connectivity index (χ4n) is 3.07. The van der Waals surface area contributed by atoms with Crippen molar-refractivity contribution in [2.75, 3.05) is 0 Å². The Morgan fingerprint density at radius 2 is 1.80 bits per heavy atom. The molecule has 2 heterocycles. The number of aromatic nitrogens is 2. The standard InChI is InChI=1S/C24H22N2O2S2/c1-15(2)28-24(27)19-10-6-17(7-11-19)12-29-22-21-20(13-30-23(21)26-14-25-22)18-8-4-16(3)5-9-18/h4-11,13-15H,12H2,1-3H3. The van der Waals surface area contributed by atoms with Crippen LogP contribution in [0.4, 0.5) is 0 Å². The van der Waals surface area contributed by atoms with Crippen LogP contribution in [0, 0.1) is 6.92 Å². The number of rotatable bonds is 6. The van der Waals surface area contributed by atoms with Gasteiger partial charge in [-0.2, -0.15) is 0 Å². The predicted octanol–water partition coefficient (Wildman–Crippen LogP) is 6.52. The van der Waals surface area contributed by atoms with Gasteiger partial charge in [0.1, 0.15) is 16.2 Å². The molecule has 0 N–H and O–H groups in total. The summed E-state index contributed by atoms with van der Waals surface area (Å²) in [4.78, 5) is 22.0. The summed E-state index contributed by atoms with van der Waals surface area (Å²) in [6.45, 7) is 5.79. The lowest BCUT2D eigenvalue weighted by Crippen LogP contribution is -2.11. The van der Waals surface area contributed by atoms with Gasteiger partial charge in [0.25, 0.3) is 0 Å². The van der Waals surface area contributed by atoms with Crippen LogP contribution in [-0.2, 0) is 10.5 Å². The Bertz CT molecular complexity index is 1170. The third-order valence-electron chi connectivity index (χ3n) is 4.61. The lowest BCUT2D eigenvalue weighted by Gasteiger charge is -2.09. The van der Waals surface area contributed by atoms with Crippen LogP contribution < -0.4 is 0 Å². The zero-order chi connectivity index (χ0) is 21.1. The molecule has 0 aliphatic carbocycles. The Labute approximate surface area is 184 Å². The number of carbonyl (C=O) groups is 1. The minimum atomic E-state index is -0.289. The highest BCUT2D eigenvalue weighted by molar-refractivity contribution is 7.98. The van der Waals surface area contributed by atoms with E-state index < -0.39 is 0 Å². The number of ether oxygens (including phenoxy) is 1. The second-order valence-corrected chi connectivity index (χ2v) is 9.14. The maximum atomic E-state index is 12.0. The van der Waals surface area contributed by atoms with Crippen molar-refractivity contribution in [3.05, 3.63) is 76.9 Å². The van der Waals surface area contributed by atoms with Gasteiger partial charge in [-0.25, -0.2) is 14.8 Å². The Morgan fingerprint density at radius 3 is 2.50 bits per heavy atom. The predicted molar refractivity (Wildman–Crippen MR) is 124 cm³/mol. The van der Waals surface area contributed by atoms with Crippen LogP contribution in [0.15, 0.2) is 65.3 Å². The molecule has 0 bridgehead atoms. The third kappa shape index (κ3) is 4.55. The zero-order valence-electron chi connectivity index (χ0n) is 17.1. The Balaban J connectivity index is 1.55. The van der Waals surface area contributed by atoms with Crippen molar-refractivity contribution < 1.29 is 9.53 Å². The minimum Gasteiger partial charge on any atom is -0.459 e. The quantitative estimate of drug-likeness (QED) is 0.196. The van der Waals surface area contributed by atoms with Gasteiger partial charge in [0.05, 0.1) is 17.1 Å². The van der Waals surface area contributed by atoms with Gasteiger partial charge in [-0.05, 0) is 44.0 Å². The highest BCUT2D eigenvalue weighted by Gasteiger charge is 2.14. The molecule has 0 radical (unpaired) electrons. The van der Waals surface area contributed by atoms with Gasteiger partial charge >= 0.3 is 5.97 Å². The minimum absolute atomic E-state index is 0.124. The number of fused-ring (bicyclic) bond motifs is 1. The number of hydrogen-bond donors (Lipinski definition) is 0. The second-order valence-electron chi connectivity index (χ2n) is 7.31. The molecule has 152 valence electrons. The molecular weight excluding hydrogens is 412 g/mol. The summed E-state index contributed by atoms with van der Waals surface area (Å²) in [6, 6.07) is 16.1. The van der Waals surface area contributed by atoms with Crippen molar-refractivity contribution in [3.63, 3.8) is 0 Å². The smallest absolute Gasteiger partial charge is 0.338 e. The van der Waals surface area contributed by atoms with Crippen molar-refractivity contribution in [1.82, 2.24) is 9.97 Å². The van der Waals surface area contributed by atoms with Crippen molar-refractivity contribution in [2.45, 2.75) is 37.7 Å². The van der Waals surface area contributed by atoms with E-state index in [1.807, 2.05) is 38.1 Å². The van der Waals surface area contributed by atoms with Crippen molar-refractivity contribution in [1.29, 1.82) is 0 Å². The molecule has 4 rings (SSSR count). The van der Waals surface area contributed by atoms with E-state index in [-0.39, 0.29) is 12.1 Å². The first-order valence-electron chi connectivity index (χ1n) is 9.73. The monoisotopic (exact) mass is 434 g/mol. The first-order chi connectivity index (χ1) is 14.5. The topological polar surface area (TPSA) is 52.1 Å². The van der Waals surface area contributed by atoms with Gasteiger partial charge in [0.2, 0.25) is 0 Å². The number of carbonyl (C=O) groups excluding carboxylic acids is 1. The van der Waals surface area contributed by atoms with Crippen LogP contribution in [0.2, 0.25) is 0 Å². The van der Waals surface area contributed by atoms with Crippen LogP contribution in [-0.4, -0.2) is 22.0 Å². The number of thioether (sulfide) groups is 1.